The van der Waals surface area contributed by atoms with Gasteiger partial charge in [-0.1, -0.05) is 24.8 Å². The number of para-hydroxylation sites is 1. The molecule has 0 fully saturated rings. The molecule has 0 aromatic heterocycles. The lowest BCUT2D eigenvalue weighted by Crippen LogP contribution is -2.19. The highest BCUT2D eigenvalue weighted by molar-refractivity contribution is 5.99. The Morgan fingerprint density at radius 1 is 1.00 bits per heavy atom. The molecule has 0 unspecified atom stereocenters. The van der Waals surface area contributed by atoms with E-state index in [1.807, 2.05) is 37.3 Å². The van der Waals surface area contributed by atoms with Gasteiger partial charge in [0, 0.05) is 11.4 Å². The van der Waals surface area contributed by atoms with E-state index in [0.717, 1.165) is 17.0 Å². The van der Waals surface area contributed by atoms with Crippen LogP contribution < -0.4 is 15.4 Å². The first-order valence-electron chi connectivity index (χ1n) is 6.64. The lowest BCUT2D eigenvalue weighted by atomic mass is 10.3. The van der Waals surface area contributed by atoms with Gasteiger partial charge in [-0.3, -0.25) is 0 Å². The van der Waals surface area contributed by atoms with Crippen molar-refractivity contribution in [3.63, 3.8) is 0 Å². The van der Waals surface area contributed by atoms with Gasteiger partial charge in [-0.2, -0.15) is 0 Å². The van der Waals surface area contributed by atoms with Crippen molar-refractivity contribution in [3.05, 3.63) is 66.7 Å². The molecule has 2 amide bonds. The predicted molar refractivity (Wildman–Crippen MR) is 85.8 cm³/mol. The second-order valence-electron chi connectivity index (χ2n) is 4.72. The zero-order chi connectivity index (χ0) is 15.1. The molecule has 0 aliphatic rings. The Bertz CT molecular complexity index is 606. The number of benzene rings is 2. The van der Waals surface area contributed by atoms with Gasteiger partial charge < -0.3 is 15.4 Å². The van der Waals surface area contributed by atoms with Gasteiger partial charge in [0.25, 0.3) is 0 Å². The van der Waals surface area contributed by atoms with Crippen molar-refractivity contribution >= 4 is 17.4 Å². The summed E-state index contributed by atoms with van der Waals surface area (Å²) in [6.45, 7) is 6.17. The van der Waals surface area contributed by atoms with Crippen LogP contribution >= 0.6 is 0 Å². The normalized spacial score (nSPS) is 9.76. The van der Waals surface area contributed by atoms with Crippen LogP contribution in [0.5, 0.6) is 5.75 Å². The maximum Gasteiger partial charge on any atom is 0.323 e. The van der Waals surface area contributed by atoms with Crippen LogP contribution in [0.4, 0.5) is 16.2 Å². The largest absolute Gasteiger partial charge is 0.489 e. The van der Waals surface area contributed by atoms with Gasteiger partial charge in [0.1, 0.15) is 12.4 Å². The molecule has 4 nitrogen and oxygen atoms in total. The minimum Gasteiger partial charge on any atom is -0.489 e. The van der Waals surface area contributed by atoms with Gasteiger partial charge in [-0.05, 0) is 48.9 Å². The number of carbonyl (C=O) groups is 1. The van der Waals surface area contributed by atoms with Crippen LogP contribution in [0.25, 0.3) is 0 Å². The topological polar surface area (TPSA) is 50.4 Å². The van der Waals surface area contributed by atoms with Crippen LogP contribution in [-0.4, -0.2) is 12.6 Å². The molecule has 21 heavy (non-hydrogen) atoms. The van der Waals surface area contributed by atoms with Crippen LogP contribution in [-0.2, 0) is 0 Å². The highest BCUT2D eigenvalue weighted by atomic mass is 16.5. The molecule has 2 N–H and O–H groups in total. The Labute approximate surface area is 124 Å². The van der Waals surface area contributed by atoms with E-state index >= 15 is 0 Å². The summed E-state index contributed by atoms with van der Waals surface area (Å²) < 4.78 is 5.50. The molecular formula is C17H18N2O2. The molecule has 108 valence electrons. The molecule has 0 aliphatic carbocycles. The fourth-order valence-corrected chi connectivity index (χ4v) is 1.66. The van der Waals surface area contributed by atoms with Crippen LogP contribution in [0, 0.1) is 0 Å². The summed E-state index contributed by atoms with van der Waals surface area (Å²) >= 11 is 0. The minimum atomic E-state index is -0.281. The third-order valence-corrected chi connectivity index (χ3v) is 2.63. The van der Waals surface area contributed by atoms with Crippen molar-refractivity contribution in [2.45, 2.75) is 6.92 Å². The van der Waals surface area contributed by atoms with E-state index in [9.17, 15) is 4.79 Å². The van der Waals surface area contributed by atoms with Crippen molar-refractivity contribution in [1.82, 2.24) is 0 Å². The van der Waals surface area contributed by atoms with Gasteiger partial charge in [-0.25, -0.2) is 4.79 Å². The number of anilines is 2. The van der Waals surface area contributed by atoms with E-state index < -0.39 is 0 Å². The number of rotatable bonds is 5. The molecule has 0 saturated heterocycles. The predicted octanol–water partition coefficient (Wildman–Crippen LogP) is 4.29. The van der Waals surface area contributed by atoms with Gasteiger partial charge in [0.2, 0.25) is 0 Å². The monoisotopic (exact) mass is 282 g/mol. The summed E-state index contributed by atoms with van der Waals surface area (Å²) in [5.74, 6) is 0.743. The summed E-state index contributed by atoms with van der Waals surface area (Å²) in [6, 6.07) is 16.2. The first kappa shape index (κ1) is 14.7. The second-order valence-corrected chi connectivity index (χ2v) is 4.72. The number of hydrogen-bond donors (Lipinski definition) is 2. The standard InChI is InChI=1S/C17H18N2O2/c1-13(2)12-21-16-10-8-15(9-11-16)19-17(20)18-14-6-4-3-5-7-14/h3-11H,1,12H2,2H3,(H2,18,19,20). The minimum absolute atomic E-state index is 0.281. The second kappa shape index (κ2) is 7.14. The van der Waals surface area contributed by atoms with Crippen molar-refractivity contribution in [3.8, 4) is 5.75 Å². The summed E-state index contributed by atoms with van der Waals surface area (Å²) in [5.41, 5.74) is 2.40. The number of carbonyl (C=O) groups excluding carboxylic acids is 1. The molecule has 0 bridgehead atoms. The molecule has 0 saturated carbocycles. The molecule has 0 atom stereocenters. The Kier molecular flexibility index (Phi) is 4.99. The maximum absolute atomic E-state index is 11.8. The molecule has 0 heterocycles. The summed E-state index contributed by atoms with van der Waals surface area (Å²) in [6.07, 6.45) is 0. The van der Waals surface area contributed by atoms with Crippen LogP contribution in [0.3, 0.4) is 0 Å². The highest BCUT2D eigenvalue weighted by Crippen LogP contribution is 2.16. The lowest BCUT2D eigenvalue weighted by Gasteiger charge is -2.09. The molecule has 0 radical (unpaired) electrons. The molecular weight excluding hydrogens is 264 g/mol. The Morgan fingerprint density at radius 3 is 2.14 bits per heavy atom. The van der Waals surface area contributed by atoms with Crippen LogP contribution in [0.15, 0.2) is 66.7 Å². The molecule has 2 aromatic rings. The Hall–Kier alpha value is -2.75. The van der Waals surface area contributed by atoms with Crippen molar-refractivity contribution < 1.29 is 9.53 Å². The first-order chi connectivity index (χ1) is 10.1. The van der Waals surface area contributed by atoms with E-state index in [2.05, 4.69) is 17.2 Å². The fourth-order valence-electron chi connectivity index (χ4n) is 1.66. The Balaban J connectivity index is 1.88. The van der Waals surface area contributed by atoms with Gasteiger partial charge in [0.15, 0.2) is 0 Å². The smallest absolute Gasteiger partial charge is 0.323 e. The summed E-state index contributed by atoms with van der Waals surface area (Å²) in [5, 5.41) is 5.51. The lowest BCUT2D eigenvalue weighted by molar-refractivity contribution is 0.262. The SMILES string of the molecule is C=C(C)COc1ccc(NC(=O)Nc2ccccc2)cc1. The summed E-state index contributed by atoms with van der Waals surface area (Å²) in [4.78, 5) is 11.8. The third-order valence-electron chi connectivity index (χ3n) is 2.63. The molecule has 0 spiro atoms. The van der Waals surface area contributed by atoms with E-state index in [1.54, 1.807) is 24.3 Å². The number of amides is 2. The Morgan fingerprint density at radius 2 is 1.57 bits per heavy atom. The number of hydrogen-bond acceptors (Lipinski definition) is 2. The summed E-state index contributed by atoms with van der Waals surface area (Å²) in [7, 11) is 0. The molecule has 4 heteroatoms. The number of ether oxygens (including phenoxy) is 1. The molecule has 2 rings (SSSR count). The van der Waals surface area contributed by atoms with Gasteiger partial charge >= 0.3 is 6.03 Å². The average Bonchev–Trinajstić information content (AvgIpc) is 2.47. The van der Waals surface area contributed by atoms with Crippen molar-refractivity contribution in [1.29, 1.82) is 0 Å². The van der Waals surface area contributed by atoms with E-state index in [-0.39, 0.29) is 6.03 Å². The van der Waals surface area contributed by atoms with E-state index in [0.29, 0.717) is 12.3 Å². The molecule has 0 aliphatic heterocycles. The van der Waals surface area contributed by atoms with E-state index in [4.69, 9.17) is 4.74 Å². The van der Waals surface area contributed by atoms with Crippen molar-refractivity contribution in [2.75, 3.05) is 17.2 Å². The average molecular weight is 282 g/mol. The van der Waals surface area contributed by atoms with Crippen LogP contribution in [0.2, 0.25) is 0 Å². The third kappa shape index (κ3) is 5.03. The quantitative estimate of drug-likeness (QED) is 0.804. The zero-order valence-corrected chi connectivity index (χ0v) is 11.9. The zero-order valence-electron chi connectivity index (χ0n) is 11.9. The van der Waals surface area contributed by atoms with Gasteiger partial charge in [-0.15, -0.1) is 0 Å². The van der Waals surface area contributed by atoms with Crippen molar-refractivity contribution in [2.24, 2.45) is 0 Å². The van der Waals surface area contributed by atoms with Crippen LogP contribution in [0.1, 0.15) is 6.92 Å². The van der Waals surface area contributed by atoms with E-state index in [1.165, 1.54) is 0 Å². The maximum atomic E-state index is 11.8. The number of urea groups is 1. The fraction of sp³-hybridized carbons (Fsp3) is 0.118. The van der Waals surface area contributed by atoms with Gasteiger partial charge in [0.05, 0.1) is 0 Å². The first-order valence-corrected chi connectivity index (χ1v) is 6.64. The molecule has 2 aromatic carbocycles. The number of nitrogens with one attached hydrogen (secondary N) is 2. The highest BCUT2D eigenvalue weighted by Gasteiger charge is 2.02.